The molecule has 1 aliphatic carbocycles. The quantitative estimate of drug-likeness (QED) is 0.669. The van der Waals surface area contributed by atoms with Gasteiger partial charge in [0.05, 0.1) is 7.11 Å². The van der Waals surface area contributed by atoms with Crippen molar-refractivity contribution >= 4 is 17.7 Å². The Morgan fingerprint density at radius 3 is 2.52 bits per heavy atom. The second-order valence-electron chi connectivity index (χ2n) is 6.15. The van der Waals surface area contributed by atoms with E-state index in [4.69, 9.17) is 4.74 Å². The number of hydrogen-bond acceptors (Lipinski definition) is 4. The van der Waals surface area contributed by atoms with E-state index < -0.39 is 11.9 Å². The lowest BCUT2D eigenvalue weighted by Gasteiger charge is -2.36. The van der Waals surface area contributed by atoms with Gasteiger partial charge in [-0.15, -0.1) is 0 Å². The highest BCUT2D eigenvalue weighted by Gasteiger charge is 2.45. The minimum Gasteiger partial charge on any atom is -0.468 e. The molecule has 120 valence electrons. The molecule has 1 heterocycles. The van der Waals surface area contributed by atoms with Crippen LogP contribution in [0.25, 0.3) is 0 Å². The smallest absolute Gasteiger partial charge is 0.316 e. The lowest BCUT2D eigenvalue weighted by Crippen LogP contribution is -2.44. The zero-order valence-electron chi connectivity index (χ0n) is 13.2. The lowest BCUT2D eigenvalue weighted by atomic mass is 9.70. The summed E-state index contributed by atoms with van der Waals surface area (Å²) in [6.07, 6.45) is 0.715. The molecule has 5 heteroatoms. The average molecular weight is 313 g/mol. The van der Waals surface area contributed by atoms with Gasteiger partial charge in [-0.2, -0.15) is 0 Å². The van der Waals surface area contributed by atoms with E-state index in [9.17, 15) is 14.4 Å². The molecule has 0 bridgehead atoms. The van der Waals surface area contributed by atoms with Crippen LogP contribution >= 0.6 is 0 Å². The standard InChI is InChI=1S/C18H19NO4/c1-10-8-13-16(17(21)15(10)18(22)23-2)12(9-14(20)19-13)11-6-4-3-5-7-11/h3-7,10,12,15H,8-9H2,1-2H3,(H,19,20)/t10-,12+,15-/m0/s1. The molecule has 1 aromatic carbocycles. The Bertz CT molecular complexity index is 692. The number of ketones is 1. The van der Waals surface area contributed by atoms with Gasteiger partial charge in [-0.3, -0.25) is 14.4 Å². The zero-order chi connectivity index (χ0) is 16.6. The van der Waals surface area contributed by atoms with Crippen molar-refractivity contribution in [3.05, 3.63) is 47.2 Å². The van der Waals surface area contributed by atoms with Crippen LogP contribution in [0.5, 0.6) is 0 Å². The Balaban J connectivity index is 2.07. The van der Waals surface area contributed by atoms with Gasteiger partial charge in [0.1, 0.15) is 5.92 Å². The summed E-state index contributed by atoms with van der Waals surface area (Å²) in [5, 5.41) is 2.82. The van der Waals surface area contributed by atoms with Crippen LogP contribution in [0.3, 0.4) is 0 Å². The molecule has 2 aliphatic rings. The molecular weight excluding hydrogens is 294 g/mol. The fourth-order valence-corrected chi connectivity index (χ4v) is 3.57. The molecule has 1 aliphatic heterocycles. The van der Waals surface area contributed by atoms with Crippen LogP contribution in [-0.4, -0.2) is 24.8 Å². The predicted octanol–water partition coefficient (Wildman–Crippen LogP) is 1.94. The third-order valence-electron chi connectivity index (χ3n) is 4.65. The molecule has 1 aromatic rings. The number of carbonyl (C=O) groups excluding carboxylic acids is 3. The highest BCUT2D eigenvalue weighted by atomic mass is 16.5. The second kappa shape index (κ2) is 5.99. The Morgan fingerprint density at radius 1 is 1.17 bits per heavy atom. The molecule has 0 saturated heterocycles. The third-order valence-corrected chi connectivity index (χ3v) is 4.65. The highest BCUT2D eigenvalue weighted by Crippen LogP contribution is 2.41. The SMILES string of the molecule is COC(=O)[C@@H]1C(=O)C2=C(C[C@@H]1C)NC(=O)C[C@@H]2c1ccccc1. The number of ether oxygens (including phenoxy) is 1. The van der Waals surface area contributed by atoms with Gasteiger partial charge in [0.15, 0.2) is 5.78 Å². The van der Waals surface area contributed by atoms with Crippen molar-refractivity contribution in [2.45, 2.75) is 25.7 Å². The molecule has 0 saturated carbocycles. The summed E-state index contributed by atoms with van der Waals surface area (Å²) < 4.78 is 4.80. The Morgan fingerprint density at radius 2 is 1.87 bits per heavy atom. The number of nitrogens with one attached hydrogen (secondary N) is 1. The summed E-state index contributed by atoms with van der Waals surface area (Å²) in [5.74, 6) is -2.10. The maximum absolute atomic E-state index is 13.0. The van der Waals surface area contributed by atoms with Crippen molar-refractivity contribution < 1.29 is 19.1 Å². The van der Waals surface area contributed by atoms with Gasteiger partial charge < -0.3 is 10.1 Å². The van der Waals surface area contributed by atoms with E-state index in [1.165, 1.54) is 7.11 Å². The van der Waals surface area contributed by atoms with Crippen molar-refractivity contribution in [1.29, 1.82) is 0 Å². The van der Waals surface area contributed by atoms with Crippen molar-refractivity contribution in [2.24, 2.45) is 11.8 Å². The van der Waals surface area contributed by atoms with Crippen molar-refractivity contribution in [2.75, 3.05) is 7.11 Å². The Hall–Kier alpha value is -2.43. The number of allylic oxidation sites excluding steroid dienone is 2. The third kappa shape index (κ3) is 2.67. The molecule has 3 rings (SSSR count). The lowest BCUT2D eigenvalue weighted by molar-refractivity contribution is -0.151. The van der Waals surface area contributed by atoms with Gasteiger partial charge in [0, 0.05) is 23.6 Å². The van der Waals surface area contributed by atoms with Crippen LogP contribution < -0.4 is 5.32 Å². The van der Waals surface area contributed by atoms with Gasteiger partial charge in [-0.1, -0.05) is 37.3 Å². The predicted molar refractivity (Wildman–Crippen MR) is 83.3 cm³/mol. The molecule has 0 fully saturated rings. The number of rotatable bonds is 2. The number of carbonyl (C=O) groups is 3. The Labute approximate surface area is 134 Å². The minimum atomic E-state index is -0.792. The summed E-state index contributed by atoms with van der Waals surface area (Å²) in [4.78, 5) is 37.0. The van der Waals surface area contributed by atoms with Crippen molar-refractivity contribution in [3.63, 3.8) is 0 Å². The van der Waals surface area contributed by atoms with Crippen LogP contribution in [0.2, 0.25) is 0 Å². The summed E-state index contributed by atoms with van der Waals surface area (Å²) in [6.45, 7) is 1.83. The van der Waals surface area contributed by atoms with E-state index in [0.29, 0.717) is 17.7 Å². The van der Waals surface area contributed by atoms with Crippen LogP contribution in [0.1, 0.15) is 31.2 Å². The molecule has 3 atom stereocenters. The largest absolute Gasteiger partial charge is 0.468 e. The van der Waals surface area contributed by atoms with Crippen LogP contribution in [0, 0.1) is 11.8 Å². The fourth-order valence-electron chi connectivity index (χ4n) is 3.57. The first-order chi connectivity index (χ1) is 11.0. The first-order valence-corrected chi connectivity index (χ1v) is 7.72. The maximum Gasteiger partial charge on any atom is 0.316 e. The topological polar surface area (TPSA) is 72.5 Å². The number of Topliss-reactive ketones (excluding diaryl/α,β-unsaturated/α-hetero) is 1. The number of hydrogen-bond donors (Lipinski definition) is 1. The summed E-state index contributed by atoms with van der Waals surface area (Å²) >= 11 is 0. The Kier molecular flexibility index (Phi) is 4.03. The van der Waals surface area contributed by atoms with E-state index in [2.05, 4.69) is 5.32 Å². The monoisotopic (exact) mass is 313 g/mol. The number of esters is 1. The molecule has 0 radical (unpaired) electrons. The highest BCUT2D eigenvalue weighted by molar-refractivity contribution is 6.11. The molecule has 0 aromatic heterocycles. The van der Waals surface area contributed by atoms with Crippen LogP contribution in [0.15, 0.2) is 41.6 Å². The molecule has 23 heavy (non-hydrogen) atoms. The van der Waals surface area contributed by atoms with E-state index in [1.54, 1.807) is 0 Å². The summed E-state index contributed by atoms with van der Waals surface area (Å²) in [5.41, 5.74) is 2.14. The first kappa shape index (κ1) is 15.5. The van der Waals surface area contributed by atoms with Crippen LogP contribution in [0.4, 0.5) is 0 Å². The van der Waals surface area contributed by atoms with Crippen molar-refractivity contribution in [1.82, 2.24) is 5.32 Å². The molecule has 5 nitrogen and oxygen atoms in total. The van der Waals surface area contributed by atoms with E-state index >= 15 is 0 Å². The molecular formula is C18H19NO4. The van der Waals surface area contributed by atoms with Crippen molar-refractivity contribution in [3.8, 4) is 0 Å². The summed E-state index contributed by atoms with van der Waals surface area (Å²) in [6, 6.07) is 9.48. The van der Waals surface area contributed by atoms with E-state index in [1.807, 2.05) is 37.3 Å². The second-order valence-corrected chi connectivity index (χ2v) is 6.15. The minimum absolute atomic E-state index is 0.0888. The number of amides is 1. The average Bonchev–Trinajstić information content (AvgIpc) is 2.54. The van der Waals surface area contributed by atoms with Gasteiger partial charge in [0.25, 0.3) is 0 Å². The van der Waals surface area contributed by atoms with Gasteiger partial charge >= 0.3 is 5.97 Å². The summed E-state index contributed by atoms with van der Waals surface area (Å²) in [7, 11) is 1.30. The van der Waals surface area contributed by atoms with Crippen LogP contribution in [-0.2, 0) is 19.1 Å². The molecule has 0 unspecified atom stereocenters. The van der Waals surface area contributed by atoms with Gasteiger partial charge in [0.2, 0.25) is 5.91 Å². The molecule has 1 N–H and O–H groups in total. The molecule has 0 spiro atoms. The normalized spacial score (nSPS) is 27.3. The maximum atomic E-state index is 13.0. The van der Waals surface area contributed by atoms with E-state index in [0.717, 1.165) is 5.56 Å². The van der Waals surface area contributed by atoms with Gasteiger partial charge in [-0.05, 0) is 17.9 Å². The fraction of sp³-hybridized carbons (Fsp3) is 0.389. The number of methoxy groups -OCH3 is 1. The van der Waals surface area contributed by atoms with E-state index in [-0.39, 0.29) is 29.9 Å². The zero-order valence-corrected chi connectivity index (χ0v) is 13.2. The first-order valence-electron chi connectivity index (χ1n) is 7.72. The molecule has 1 amide bonds. The van der Waals surface area contributed by atoms with Gasteiger partial charge in [-0.25, -0.2) is 0 Å². The number of benzene rings is 1.